The van der Waals surface area contributed by atoms with Crippen molar-refractivity contribution in [2.75, 3.05) is 0 Å². The molecule has 0 radical (unpaired) electrons. The Hall–Kier alpha value is -0.520. The van der Waals surface area contributed by atoms with Crippen LogP contribution in [0.5, 0.6) is 0 Å². The topological polar surface area (TPSA) is 74.6 Å². The smallest absolute Gasteiger partial charge is 0.344 e. The van der Waals surface area contributed by atoms with E-state index in [1.165, 1.54) is 70.6 Å². The van der Waals surface area contributed by atoms with Gasteiger partial charge >= 0.3 is 11.9 Å². The highest BCUT2D eigenvalue weighted by Gasteiger charge is 2.34. The number of benzene rings is 1. The fraction of sp³-hybridized carbons (Fsp3) is 0.125. The molecule has 6 bridgehead atoms. The first-order valence-corrected chi connectivity index (χ1v) is 12.5. The van der Waals surface area contributed by atoms with Crippen LogP contribution in [-0.2, 0) is 21.1 Å². The van der Waals surface area contributed by atoms with Crippen LogP contribution in [0.4, 0.5) is 0 Å². The van der Waals surface area contributed by atoms with Crippen LogP contribution >= 0.6 is 70.6 Å². The van der Waals surface area contributed by atoms with Gasteiger partial charge in [0.15, 0.2) is 0 Å². The minimum atomic E-state index is -0.936. The lowest BCUT2D eigenvalue weighted by Crippen LogP contribution is -1.96. The molecule has 0 atom stereocenters. The predicted molar refractivity (Wildman–Crippen MR) is 116 cm³/mol. The van der Waals surface area contributed by atoms with Gasteiger partial charge in [-0.2, -0.15) is 0 Å². The second-order valence-electron chi connectivity index (χ2n) is 5.22. The largest absolute Gasteiger partial charge is 0.477 e. The fourth-order valence-electron chi connectivity index (χ4n) is 2.22. The van der Waals surface area contributed by atoms with Crippen LogP contribution in [0.2, 0.25) is 0 Å². The number of carbonyl (C=O) groups is 2. The number of fused-ring (bicyclic) bond motifs is 4. The van der Waals surface area contributed by atoms with Crippen LogP contribution < -0.4 is 0 Å². The van der Waals surface area contributed by atoms with Gasteiger partial charge in [-0.3, -0.25) is 0 Å². The molecule has 0 amide bonds. The number of aliphatic carboxylic acids is 2. The minimum Gasteiger partial charge on any atom is -0.477 e. The molecule has 1 aromatic rings. The maximum absolute atomic E-state index is 11.6. The molecule has 0 saturated heterocycles. The summed E-state index contributed by atoms with van der Waals surface area (Å²) in [5.74, 6) is -0.455. The minimum absolute atomic E-state index is 0.327. The summed E-state index contributed by atoms with van der Waals surface area (Å²) < 4.78 is 3.26. The maximum atomic E-state index is 11.6. The standard InChI is InChI=1S/C16H10O4S6/c17-11(18)9-13-21-5-7-1-2-8(4-3-7)6-22-14-10(12(19)20)24-16(26-14)15(23-9)25-13/h1-4H,5-6H2,(H,17,18)(H,19,20)/b16-15-. The molecule has 4 nitrogen and oxygen atoms in total. The van der Waals surface area contributed by atoms with Gasteiger partial charge in [0, 0.05) is 11.5 Å². The number of thioether (sulfide) groups is 6. The van der Waals surface area contributed by atoms with Crippen molar-refractivity contribution in [2.45, 2.75) is 11.5 Å². The second-order valence-corrected chi connectivity index (χ2v) is 12.3. The molecule has 10 heteroatoms. The molecule has 0 aliphatic carbocycles. The third-order valence-corrected chi connectivity index (χ3v) is 12.1. The first-order chi connectivity index (χ1) is 12.5. The van der Waals surface area contributed by atoms with E-state index in [2.05, 4.69) is 0 Å². The Morgan fingerprint density at radius 2 is 1.04 bits per heavy atom. The van der Waals surface area contributed by atoms with Crippen LogP contribution in [0.15, 0.2) is 51.0 Å². The molecule has 0 aromatic heterocycles. The van der Waals surface area contributed by atoms with Crippen molar-refractivity contribution in [3.8, 4) is 0 Å². The van der Waals surface area contributed by atoms with Gasteiger partial charge in [-0.15, -0.1) is 23.5 Å². The lowest BCUT2D eigenvalue weighted by atomic mass is 10.2. The maximum Gasteiger partial charge on any atom is 0.344 e. The van der Waals surface area contributed by atoms with Gasteiger partial charge in [-0.05, 0) is 11.1 Å². The van der Waals surface area contributed by atoms with Gasteiger partial charge in [0.05, 0.1) is 16.9 Å². The lowest BCUT2D eigenvalue weighted by molar-refractivity contribution is -0.132. The summed E-state index contributed by atoms with van der Waals surface area (Å²) in [7, 11) is 0. The van der Waals surface area contributed by atoms with Crippen molar-refractivity contribution in [1.82, 2.24) is 0 Å². The molecular formula is C16H10O4S6. The molecule has 26 heavy (non-hydrogen) atoms. The van der Waals surface area contributed by atoms with Gasteiger partial charge < -0.3 is 10.2 Å². The van der Waals surface area contributed by atoms with E-state index in [1.54, 1.807) is 0 Å². The number of hydrogen-bond acceptors (Lipinski definition) is 8. The average molecular weight is 459 g/mol. The van der Waals surface area contributed by atoms with Crippen molar-refractivity contribution in [3.05, 3.63) is 62.2 Å². The number of carboxylic acids is 2. The molecular weight excluding hydrogens is 449 g/mol. The summed E-state index contributed by atoms with van der Waals surface area (Å²) in [6.45, 7) is 0. The zero-order valence-electron chi connectivity index (χ0n) is 12.9. The third-order valence-electron chi connectivity index (χ3n) is 3.45. The molecule has 4 heterocycles. The normalized spacial score (nSPS) is 22.8. The highest BCUT2D eigenvalue weighted by Crippen LogP contribution is 2.63. The first-order valence-electron chi connectivity index (χ1n) is 7.25. The number of rotatable bonds is 2. The molecule has 4 aliphatic heterocycles. The molecule has 1 aromatic carbocycles. The molecule has 0 fully saturated rings. The van der Waals surface area contributed by atoms with Crippen molar-refractivity contribution in [3.63, 3.8) is 0 Å². The van der Waals surface area contributed by atoms with Crippen LogP contribution in [0, 0.1) is 0 Å². The van der Waals surface area contributed by atoms with Crippen molar-refractivity contribution >= 4 is 82.5 Å². The molecule has 0 unspecified atom stereocenters. The Balaban J connectivity index is 1.75. The molecule has 5 rings (SSSR count). The SMILES string of the molecule is O=C(O)C1=C2SCc3ccc(cc3)CSC3=C(C(=O)O)S/C(=C(/S2)S1)S3. The Kier molecular flexibility index (Phi) is 5.68. The van der Waals surface area contributed by atoms with E-state index in [-0.39, 0.29) is 0 Å². The number of hydrogen-bond donors (Lipinski definition) is 2. The van der Waals surface area contributed by atoms with Gasteiger partial charge in [0.1, 0.15) is 9.81 Å². The van der Waals surface area contributed by atoms with E-state index in [4.69, 9.17) is 0 Å². The predicted octanol–water partition coefficient (Wildman–Crippen LogP) is 5.76. The van der Waals surface area contributed by atoms with E-state index >= 15 is 0 Å². The van der Waals surface area contributed by atoms with Gasteiger partial charge in [-0.1, -0.05) is 71.3 Å². The van der Waals surface area contributed by atoms with Gasteiger partial charge in [0.2, 0.25) is 0 Å². The first kappa shape index (κ1) is 18.8. The summed E-state index contributed by atoms with van der Waals surface area (Å²) in [6.07, 6.45) is 0. The highest BCUT2D eigenvalue weighted by molar-refractivity contribution is 8.40. The average Bonchev–Trinajstić information content (AvgIpc) is 3.22. The molecule has 0 spiro atoms. The quantitative estimate of drug-likeness (QED) is 0.571. The van der Waals surface area contributed by atoms with Crippen molar-refractivity contribution < 1.29 is 19.8 Å². The zero-order valence-corrected chi connectivity index (χ0v) is 17.8. The van der Waals surface area contributed by atoms with Gasteiger partial charge in [-0.25, -0.2) is 9.59 Å². The van der Waals surface area contributed by atoms with E-state index < -0.39 is 11.9 Å². The monoisotopic (exact) mass is 458 g/mol. The molecule has 0 saturated carbocycles. The zero-order chi connectivity index (χ0) is 18.3. The molecule has 2 N–H and O–H groups in total. The third kappa shape index (κ3) is 3.85. The van der Waals surface area contributed by atoms with Crippen LogP contribution in [0.3, 0.4) is 0 Å². The Morgan fingerprint density at radius 1 is 0.654 bits per heavy atom. The summed E-state index contributed by atoms with van der Waals surface area (Å²) >= 11 is 8.38. The van der Waals surface area contributed by atoms with Crippen LogP contribution in [-0.4, -0.2) is 22.2 Å². The molecule has 4 aliphatic rings. The summed E-state index contributed by atoms with van der Waals surface area (Å²) in [6, 6.07) is 8.20. The van der Waals surface area contributed by atoms with Gasteiger partial charge in [0.25, 0.3) is 0 Å². The number of carboxylic acid groups (broad SMARTS) is 2. The molecule has 134 valence electrons. The van der Waals surface area contributed by atoms with E-state index in [9.17, 15) is 19.8 Å². The summed E-state index contributed by atoms with van der Waals surface area (Å²) in [5, 5.41) is 19.1. The van der Waals surface area contributed by atoms with Crippen LogP contribution in [0.25, 0.3) is 0 Å². The van der Waals surface area contributed by atoms with E-state index in [1.807, 2.05) is 24.3 Å². The van der Waals surface area contributed by atoms with E-state index in [0.29, 0.717) is 21.3 Å². The fourth-order valence-corrected chi connectivity index (χ4v) is 10.5. The second kappa shape index (κ2) is 7.84. The van der Waals surface area contributed by atoms with Crippen molar-refractivity contribution in [1.29, 1.82) is 0 Å². The summed E-state index contributed by atoms with van der Waals surface area (Å²) in [4.78, 5) is 23.9. The Morgan fingerprint density at radius 3 is 1.38 bits per heavy atom. The van der Waals surface area contributed by atoms with Crippen LogP contribution in [0.1, 0.15) is 11.1 Å². The lowest BCUT2D eigenvalue weighted by Gasteiger charge is -2.07. The Bertz CT molecular complexity index is 827. The highest BCUT2D eigenvalue weighted by atomic mass is 32.2. The van der Waals surface area contributed by atoms with Crippen molar-refractivity contribution in [2.24, 2.45) is 0 Å². The van der Waals surface area contributed by atoms with E-state index in [0.717, 1.165) is 28.1 Å². The summed E-state index contributed by atoms with van der Waals surface area (Å²) in [5.41, 5.74) is 2.28. The Labute approximate surface area is 175 Å².